The van der Waals surface area contributed by atoms with Crippen LogP contribution in [-0.4, -0.2) is 21.9 Å². The molecule has 0 bridgehead atoms. The van der Waals surface area contributed by atoms with Crippen molar-refractivity contribution in [1.82, 2.24) is 10.3 Å². The molecule has 2 heterocycles. The van der Waals surface area contributed by atoms with Crippen LogP contribution in [0.25, 0.3) is 0 Å². The van der Waals surface area contributed by atoms with Crippen molar-refractivity contribution in [2.75, 3.05) is 0 Å². The van der Waals surface area contributed by atoms with Crippen LogP contribution in [0.1, 0.15) is 16.6 Å². The number of aliphatic carboxylic acids is 1. The lowest BCUT2D eigenvalue weighted by Crippen LogP contribution is -2.28. The molecule has 22 heavy (non-hydrogen) atoms. The van der Waals surface area contributed by atoms with Crippen LogP contribution in [0.3, 0.4) is 0 Å². The first-order valence-electron chi connectivity index (χ1n) is 6.19. The van der Waals surface area contributed by atoms with Crippen molar-refractivity contribution >= 4 is 34.7 Å². The molecular formula is C14H9ClFN3O2S. The Bertz CT molecular complexity index is 789. The van der Waals surface area contributed by atoms with E-state index in [4.69, 9.17) is 11.6 Å². The zero-order chi connectivity index (χ0) is 15.7. The highest BCUT2D eigenvalue weighted by atomic mass is 35.5. The van der Waals surface area contributed by atoms with Crippen LogP contribution in [0, 0.1) is 5.82 Å². The van der Waals surface area contributed by atoms with Crippen LogP contribution in [0.5, 0.6) is 0 Å². The van der Waals surface area contributed by atoms with Gasteiger partial charge in [0.05, 0.1) is 10.6 Å². The Morgan fingerprint density at radius 3 is 2.95 bits per heavy atom. The van der Waals surface area contributed by atoms with E-state index in [1.807, 2.05) is 0 Å². The number of benzene rings is 1. The lowest BCUT2D eigenvalue weighted by atomic mass is 9.98. The van der Waals surface area contributed by atoms with E-state index in [1.165, 1.54) is 29.7 Å². The van der Waals surface area contributed by atoms with E-state index in [1.54, 1.807) is 17.6 Å². The molecule has 0 radical (unpaired) electrons. The van der Waals surface area contributed by atoms with Gasteiger partial charge in [0.15, 0.2) is 10.8 Å². The fourth-order valence-corrected chi connectivity index (χ4v) is 2.89. The molecular weight excluding hydrogens is 329 g/mol. The maximum atomic E-state index is 13.7. The van der Waals surface area contributed by atoms with Gasteiger partial charge in [-0.3, -0.25) is 4.99 Å². The first-order chi connectivity index (χ1) is 10.6. The molecule has 0 saturated carbocycles. The zero-order valence-electron chi connectivity index (χ0n) is 11.0. The number of rotatable bonds is 3. The highest BCUT2D eigenvalue weighted by molar-refractivity contribution is 7.11. The normalized spacial score (nSPS) is 17.5. The van der Waals surface area contributed by atoms with Crippen LogP contribution >= 0.6 is 22.9 Å². The van der Waals surface area contributed by atoms with E-state index in [2.05, 4.69) is 15.3 Å². The third kappa shape index (κ3) is 2.60. The van der Waals surface area contributed by atoms with E-state index >= 15 is 0 Å². The van der Waals surface area contributed by atoms with Crippen molar-refractivity contribution in [2.24, 2.45) is 4.99 Å². The number of hydrogen-bond donors (Lipinski definition) is 2. The van der Waals surface area contributed by atoms with Crippen LogP contribution in [0.15, 0.2) is 46.5 Å². The number of amidine groups is 1. The summed E-state index contributed by atoms with van der Waals surface area (Å²) < 4.78 is 13.7. The lowest BCUT2D eigenvalue weighted by molar-refractivity contribution is -0.133. The molecule has 1 atom stereocenters. The molecule has 0 fully saturated rings. The molecule has 1 aromatic heterocycles. The molecule has 112 valence electrons. The second kappa shape index (κ2) is 5.86. The smallest absolute Gasteiger partial charge is 0.335 e. The number of halogens is 2. The van der Waals surface area contributed by atoms with Gasteiger partial charge in [0.2, 0.25) is 0 Å². The fraction of sp³-hybridized carbons (Fsp3) is 0.0714. The molecule has 1 aromatic carbocycles. The van der Waals surface area contributed by atoms with E-state index in [0.717, 1.165) is 0 Å². The minimum absolute atomic E-state index is 0.0205. The number of nitrogens with zero attached hydrogens (tertiary/aromatic N) is 2. The van der Waals surface area contributed by atoms with Crippen molar-refractivity contribution in [2.45, 2.75) is 6.04 Å². The van der Waals surface area contributed by atoms with Crippen LogP contribution in [0.4, 0.5) is 4.39 Å². The Morgan fingerprint density at radius 1 is 1.45 bits per heavy atom. The Labute approximate surface area is 133 Å². The average Bonchev–Trinajstić information content (AvgIpc) is 3.03. The summed E-state index contributed by atoms with van der Waals surface area (Å²) in [5.74, 6) is -1.35. The highest BCUT2D eigenvalue weighted by Gasteiger charge is 2.29. The molecule has 8 heteroatoms. The van der Waals surface area contributed by atoms with Crippen molar-refractivity contribution in [3.05, 3.63) is 63.0 Å². The molecule has 2 N–H and O–H groups in total. The van der Waals surface area contributed by atoms with Crippen molar-refractivity contribution in [1.29, 1.82) is 0 Å². The second-order valence-corrected chi connectivity index (χ2v) is 5.68. The second-order valence-electron chi connectivity index (χ2n) is 4.41. The van der Waals surface area contributed by atoms with Crippen molar-refractivity contribution in [3.63, 3.8) is 0 Å². The number of aliphatic imine (C=N–C) groups is 1. The molecule has 1 aliphatic rings. The van der Waals surface area contributed by atoms with Gasteiger partial charge in [-0.15, -0.1) is 11.3 Å². The summed E-state index contributed by atoms with van der Waals surface area (Å²) in [5, 5.41) is 14.4. The molecule has 1 aliphatic heterocycles. The zero-order valence-corrected chi connectivity index (χ0v) is 12.5. The predicted octanol–water partition coefficient (Wildman–Crippen LogP) is 3.00. The number of aromatic nitrogens is 1. The standard InChI is InChI=1S/C14H9ClFN3O2S/c15-10-7(2-1-3-9(10)16)11-8(14(20)21)6-18-12(19-11)13-17-4-5-22-13/h1-6,11H,(H,18,19)(H,20,21). The number of carbonyl (C=O) groups is 1. The summed E-state index contributed by atoms with van der Waals surface area (Å²) in [4.78, 5) is 19.9. The summed E-state index contributed by atoms with van der Waals surface area (Å²) >= 11 is 7.33. The van der Waals surface area contributed by atoms with Crippen LogP contribution < -0.4 is 5.32 Å². The monoisotopic (exact) mass is 337 g/mol. The Balaban J connectivity index is 2.10. The maximum absolute atomic E-state index is 13.7. The average molecular weight is 338 g/mol. The van der Waals surface area contributed by atoms with Gasteiger partial charge in [-0.2, -0.15) is 0 Å². The summed E-state index contributed by atoms with van der Waals surface area (Å²) in [6.07, 6.45) is 2.95. The Morgan fingerprint density at radius 2 is 2.27 bits per heavy atom. The molecule has 2 aromatic rings. The van der Waals surface area contributed by atoms with Gasteiger partial charge in [-0.25, -0.2) is 14.2 Å². The molecule has 0 amide bonds. The Kier molecular flexibility index (Phi) is 3.91. The summed E-state index contributed by atoms with van der Waals surface area (Å²) in [6, 6.07) is 3.33. The summed E-state index contributed by atoms with van der Waals surface area (Å²) in [6.45, 7) is 0. The van der Waals surface area contributed by atoms with Gasteiger partial charge in [0.25, 0.3) is 0 Å². The van der Waals surface area contributed by atoms with Gasteiger partial charge in [-0.05, 0) is 6.07 Å². The van der Waals surface area contributed by atoms with E-state index in [-0.39, 0.29) is 10.6 Å². The molecule has 0 saturated heterocycles. The number of hydrogen-bond acceptors (Lipinski definition) is 5. The maximum Gasteiger partial charge on any atom is 0.335 e. The first-order valence-corrected chi connectivity index (χ1v) is 7.45. The number of carboxylic acid groups (broad SMARTS) is 1. The SMILES string of the molecule is O=C(O)C1=CNC(c2nccs2)=NC1c1cccc(F)c1Cl. The molecule has 0 spiro atoms. The molecule has 0 aliphatic carbocycles. The quantitative estimate of drug-likeness (QED) is 0.903. The summed E-state index contributed by atoms with van der Waals surface area (Å²) in [5.41, 5.74) is 0.277. The van der Waals surface area contributed by atoms with Crippen LogP contribution in [0.2, 0.25) is 5.02 Å². The van der Waals surface area contributed by atoms with E-state index in [9.17, 15) is 14.3 Å². The minimum Gasteiger partial charge on any atom is -0.478 e. The van der Waals surface area contributed by atoms with Gasteiger partial charge < -0.3 is 10.4 Å². The summed E-state index contributed by atoms with van der Waals surface area (Å²) in [7, 11) is 0. The lowest BCUT2D eigenvalue weighted by Gasteiger charge is -2.21. The van der Waals surface area contributed by atoms with Crippen molar-refractivity contribution in [3.8, 4) is 0 Å². The van der Waals surface area contributed by atoms with Gasteiger partial charge in [-0.1, -0.05) is 23.7 Å². The van der Waals surface area contributed by atoms with Gasteiger partial charge in [0, 0.05) is 23.3 Å². The van der Waals surface area contributed by atoms with E-state index < -0.39 is 17.8 Å². The minimum atomic E-state index is -1.15. The molecule has 1 unspecified atom stereocenters. The third-order valence-corrected chi connectivity index (χ3v) is 4.25. The van der Waals surface area contributed by atoms with E-state index in [0.29, 0.717) is 16.4 Å². The highest BCUT2D eigenvalue weighted by Crippen LogP contribution is 2.34. The third-order valence-electron chi connectivity index (χ3n) is 3.08. The Hall–Kier alpha value is -2.25. The molecule has 3 rings (SSSR count). The van der Waals surface area contributed by atoms with Crippen LogP contribution in [-0.2, 0) is 4.79 Å². The number of nitrogens with one attached hydrogen (secondary N) is 1. The number of carboxylic acids is 1. The predicted molar refractivity (Wildman–Crippen MR) is 81.7 cm³/mol. The van der Waals surface area contributed by atoms with Gasteiger partial charge in [0.1, 0.15) is 11.9 Å². The topological polar surface area (TPSA) is 74.6 Å². The first kappa shape index (κ1) is 14.7. The van der Waals surface area contributed by atoms with Gasteiger partial charge >= 0.3 is 5.97 Å². The number of thiazole rings is 1. The van der Waals surface area contributed by atoms with Crippen molar-refractivity contribution < 1.29 is 14.3 Å². The molecule has 5 nitrogen and oxygen atoms in total. The largest absolute Gasteiger partial charge is 0.478 e. The fourth-order valence-electron chi connectivity index (χ4n) is 2.07.